The highest BCUT2D eigenvalue weighted by Crippen LogP contribution is 2.19. The van der Waals surface area contributed by atoms with Crippen molar-refractivity contribution < 1.29 is 19.1 Å². The van der Waals surface area contributed by atoms with Crippen LogP contribution in [-0.2, 0) is 0 Å². The predicted octanol–water partition coefficient (Wildman–Crippen LogP) is 4.52. The smallest absolute Gasteiger partial charge is 0.255 e. The van der Waals surface area contributed by atoms with Crippen molar-refractivity contribution in [1.29, 1.82) is 0 Å². The van der Waals surface area contributed by atoms with E-state index in [9.17, 15) is 9.59 Å². The summed E-state index contributed by atoms with van der Waals surface area (Å²) in [6, 6.07) is 21.1. The Balaban J connectivity index is 1.60. The Kier molecular flexibility index (Phi) is 6.07. The minimum absolute atomic E-state index is 0.0955. The Morgan fingerprint density at radius 1 is 0.857 bits per heavy atom. The molecule has 0 fully saturated rings. The van der Waals surface area contributed by atoms with Gasteiger partial charge < -0.3 is 14.8 Å². The van der Waals surface area contributed by atoms with Gasteiger partial charge in [-0.05, 0) is 55.5 Å². The number of rotatable bonds is 7. The number of ether oxygens (including phenoxy) is 2. The molecule has 0 aliphatic heterocycles. The van der Waals surface area contributed by atoms with Crippen LogP contribution >= 0.6 is 0 Å². The maximum absolute atomic E-state index is 12.3. The number of Topliss-reactive ketones (excluding diaryl/α,β-unsaturated/α-hetero) is 1. The third-order valence-corrected chi connectivity index (χ3v) is 4.19. The van der Waals surface area contributed by atoms with Crippen molar-refractivity contribution in [2.45, 2.75) is 6.92 Å². The first kappa shape index (κ1) is 19.2. The first-order chi connectivity index (χ1) is 13.5. The lowest BCUT2D eigenvalue weighted by molar-refractivity contribution is 0.0920. The van der Waals surface area contributed by atoms with Crippen LogP contribution in [0.1, 0.15) is 26.3 Å². The highest BCUT2D eigenvalue weighted by Gasteiger charge is 2.09. The zero-order valence-corrected chi connectivity index (χ0v) is 15.8. The van der Waals surface area contributed by atoms with Crippen LogP contribution in [0.2, 0.25) is 0 Å². The van der Waals surface area contributed by atoms with Gasteiger partial charge in [0.05, 0.1) is 7.11 Å². The van der Waals surface area contributed by atoms with Gasteiger partial charge in [0, 0.05) is 22.9 Å². The number of nitrogens with one attached hydrogen (secondary N) is 1. The minimum Gasteiger partial charge on any atom is -0.497 e. The zero-order valence-electron chi connectivity index (χ0n) is 15.8. The van der Waals surface area contributed by atoms with Crippen LogP contribution in [0.3, 0.4) is 0 Å². The van der Waals surface area contributed by atoms with Crippen molar-refractivity contribution in [3.63, 3.8) is 0 Å². The van der Waals surface area contributed by atoms with Crippen LogP contribution in [0.4, 0.5) is 5.69 Å². The summed E-state index contributed by atoms with van der Waals surface area (Å²) in [7, 11) is 1.57. The number of benzene rings is 3. The number of methoxy groups -OCH3 is 1. The van der Waals surface area contributed by atoms with Gasteiger partial charge in [0.1, 0.15) is 11.5 Å². The van der Waals surface area contributed by atoms with Gasteiger partial charge in [-0.2, -0.15) is 0 Å². The van der Waals surface area contributed by atoms with Crippen LogP contribution in [0, 0.1) is 6.92 Å². The van der Waals surface area contributed by atoms with E-state index in [1.54, 1.807) is 67.8 Å². The first-order valence-corrected chi connectivity index (χ1v) is 8.83. The predicted molar refractivity (Wildman–Crippen MR) is 108 cm³/mol. The Labute approximate surface area is 163 Å². The normalized spacial score (nSPS) is 10.2. The third kappa shape index (κ3) is 4.98. The molecule has 3 aromatic carbocycles. The molecule has 0 unspecified atom stereocenters. The number of anilines is 1. The molecule has 3 aromatic rings. The summed E-state index contributed by atoms with van der Waals surface area (Å²) < 4.78 is 10.7. The fourth-order valence-corrected chi connectivity index (χ4v) is 2.58. The van der Waals surface area contributed by atoms with E-state index in [-0.39, 0.29) is 18.3 Å². The standard InChI is InChI=1S/C23H21NO4/c1-16-6-8-18(9-7-16)23(26)24-19-4-3-5-21(14-19)28-15-22(25)17-10-12-20(27-2)13-11-17/h3-14H,15H2,1-2H3,(H,24,26). The molecule has 1 N–H and O–H groups in total. The van der Waals surface area contributed by atoms with Crippen molar-refractivity contribution >= 4 is 17.4 Å². The lowest BCUT2D eigenvalue weighted by Gasteiger charge is -2.09. The van der Waals surface area contributed by atoms with Gasteiger partial charge in [0.25, 0.3) is 5.91 Å². The zero-order chi connectivity index (χ0) is 19.9. The number of aryl methyl sites for hydroxylation is 1. The second-order valence-corrected chi connectivity index (χ2v) is 6.29. The van der Waals surface area contributed by atoms with E-state index in [2.05, 4.69) is 5.32 Å². The second kappa shape index (κ2) is 8.86. The van der Waals surface area contributed by atoms with Gasteiger partial charge in [-0.15, -0.1) is 0 Å². The van der Waals surface area contributed by atoms with Gasteiger partial charge in [-0.1, -0.05) is 23.8 Å². The van der Waals surface area contributed by atoms with Crippen molar-refractivity contribution in [1.82, 2.24) is 0 Å². The molecule has 0 saturated heterocycles. The fraction of sp³-hybridized carbons (Fsp3) is 0.130. The van der Waals surface area contributed by atoms with Gasteiger partial charge in [-0.3, -0.25) is 9.59 Å². The van der Waals surface area contributed by atoms with Gasteiger partial charge >= 0.3 is 0 Å². The van der Waals surface area contributed by atoms with Gasteiger partial charge in [0.2, 0.25) is 0 Å². The minimum atomic E-state index is -0.202. The van der Waals surface area contributed by atoms with Crippen LogP contribution in [0.5, 0.6) is 11.5 Å². The first-order valence-electron chi connectivity index (χ1n) is 8.83. The van der Waals surface area contributed by atoms with E-state index in [1.165, 1.54) is 0 Å². The number of hydrogen-bond donors (Lipinski definition) is 1. The summed E-state index contributed by atoms with van der Waals surface area (Å²) in [4.78, 5) is 24.6. The second-order valence-electron chi connectivity index (χ2n) is 6.29. The summed E-state index contributed by atoms with van der Waals surface area (Å²) in [6.07, 6.45) is 0. The van der Waals surface area contributed by atoms with Crippen molar-refractivity contribution in [2.24, 2.45) is 0 Å². The molecule has 5 nitrogen and oxygen atoms in total. The Morgan fingerprint density at radius 2 is 1.54 bits per heavy atom. The number of hydrogen-bond acceptors (Lipinski definition) is 4. The highest BCUT2D eigenvalue weighted by atomic mass is 16.5. The number of carbonyl (C=O) groups excluding carboxylic acids is 2. The maximum atomic E-state index is 12.3. The Hall–Kier alpha value is -3.60. The molecular formula is C23H21NO4. The van der Waals surface area contributed by atoms with E-state index < -0.39 is 0 Å². The maximum Gasteiger partial charge on any atom is 0.255 e. The lowest BCUT2D eigenvalue weighted by Crippen LogP contribution is -2.13. The molecule has 0 saturated carbocycles. The molecule has 5 heteroatoms. The SMILES string of the molecule is COc1ccc(C(=O)COc2cccc(NC(=O)c3ccc(C)cc3)c2)cc1. The van der Waals surface area contributed by atoms with E-state index in [1.807, 2.05) is 19.1 Å². The molecule has 0 bridgehead atoms. The summed E-state index contributed by atoms with van der Waals surface area (Å²) in [5.41, 5.74) is 2.81. The van der Waals surface area contributed by atoms with Crippen LogP contribution in [0.15, 0.2) is 72.8 Å². The van der Waals surface area contributed by atoms with Crippen molar-refractivity contribution in [3.05, 3.63) is 89.5 Å². The summed E-state index contributed by atoms with van der Waals surface area (Å²) in [6.45, 7) is 1.87. The van der Waals surface area contributed by atoms with E-state index in [4.69, 9.17) is 9.47 Å². The largest absolute Gasteiger partial charge is 0.497 e. The molecule has 0 aliphatic carbocycles. The van der Waals surface area contributed by atoms with E-state index >= 15 is 0 Å². The molecule has 28 heavy (non-hydrogen) atoms. The quantitative estimate of drug-likeness (QED) is 0.617. The van der Waals surface area contributed by atoms with E-state index in [0.29, 0.717) is 28.3 Å². The van der Waals surface area contributed by atoms with Crippen LogP contribution < -0.4 is 14.8 Å². The molecule has 0 aliphatic rings. The Morgan fingerprint density at radius 3 is 2.21 bits per heavy atom. The molecular weight excluding hydrogens is 354 g/mol. The number of ketones is 1. The Bertz CT molecular complexity index is 963. The average Bonchev–Trinajstić information content (AvgIpc) is 2.73. The van der Waals surface area contributed by atoms with Gasteiger partial charge in [0.15, 0.2) is 12.4 Å². The molecule has 0 radical (unpaired) electrons. The highest BCUT2D eigenvalue weighted by molar-refractivity contribution is 6.04. The molecule has 0 heterocycles. The third-order valence-electron chi connectivity index (χ3n) is 4.19. The lowest BCUT2D eigenvalue weighted by atomic mass is 10.1. The van der Waals surface area contributed by atoms with Crippen molar-refractivity contribution in [3.8, 4) is 11.5 Å². The summed E-state index contributed by atoms with van der Waals surface area (Å²) in [5.74, 6) is 0.848. The molecule has 1 amide bonds. The molecule has 0 spiro atoms. The number of amides is 1. The molecule has 0 atom stereocenters. The van der Waals surface area contributed by atoms with Gasteiger partial charge in [-0.25, -0.2) is 0 Å². The van der Waals surface area contributed by atoms with Crippen LogP contribution in [-0.4, -0.2) is 25.4 Å². The summed E-state index contributed by atoms with van der Waals surface area (Å²) >= 11 is 0. The fourth-order valence-electron chi connectivity index (χ4n) is 2.58. The molecule has 0 aromatic heterocycles. The topological polar surface area (TPSA) is 64.6 Å². The van der Waals surface area contributed by atoms with Crippen LogP contribution in [0.25, 0.3) is 0 Å². The monoisotopic (exact) mass is 375 g/mol. The molecule has 142 valence electrons. The van der Waals surface area contributed by atoms with E-state index in [0.717, 1.165) is 5.56 Å². The molecule has 3 rings (SSSR count). The summed E-state index contributed by atoms with van der Waals surface area (Å²) in [5, 5.41) is 2.83. The van der Waals surface area contributed by atoms with Crippen molar-refractivity contribution in [2.75, 3.05) is 19.0 Å². The number of carbonyl (C=O) groups is 2. The average molecular weight is 375 g/mol.